The number of benzene rings is 2. The molecule has 1 aromatic heterocycles. The highest BCUT2D eigenvalue weighted by molar-refractivity contribution is 6.13. The van der Waals surface area contributed by atoms with Gasteiger partial charge in [0.25, 0.3) is 5.91 Å². The van der Waals surface area contributed by atoms with E-state index in [0.29, 0.717) is 18.2 Å². The Hall–Kier alpha value is -2.92. The quantitative estimate of drug-likeness (QED) is 0.666. The average molecular weight is 389 g/mol. The summed E-state index contributed by atoms with van der Waals surface area (Å²) in [4.78, 5) is 20.4. The predicted octanol–water partition coefficient (Wildman–Crippen LogP) is 4.66. The number of fused-ring (bicyclic) bond motifs is 1. The number of para-hydroxylation sites is 2. The number of nitrogens with zero attached hydrogens (tertiary/aromatic N) is 2. The minimum atomic E-state index is -0.103. The van der Waals surface area contributed by atoms with Gasteiger partial charge in [-0.25, -0.2) is 4.98 Å². The number of anilines is 2. The summed E-state index contributed by atoms with van der Waals surface area (Å²) in [6.45, 7) is 3.69. The zero-order chi connectivity index (χ0) is 20.2. The Morgan fingerprint density at radius 2 is 2.00 bits per heavy atom. The summed E-state index contributed by atoms with van der Waals surface area (Å²) in [7, 11) is 1.73. The van der Waals surface area contributed by atoms with Crippen molar-refractivity contribution in [2.24, 2.45) is 0 Å². The van der Waals surface area contributed by atoms with Crippen LogP contribution in [0.4, 0.5) is 11.5 Å². The first-order chi connectivity index (χ1) is 14.2. The van der Waals surface area contributed by atoms with Crippen molar-refractivity contribution in [3.8, 4) is 0 Å². The Balaban J connectivity index is 1.74. The largest absolute Gasteiger partial charge is 0.383 e. The van der Waals surface area contributed by atoms with Crippen LogP contribution in [0.15, 0.2) is 54.6 Å². The zero-order valence-corrected chi connectivity index (χ0v) is 17.0. The van der Waals surface area contributed by atoms with E-state index in [0.717, 1.165) is 53.8 Å². The monoisotopic (exact) mass is 389 g/mol. The fourth-order valence-electron chi connectivity index (χ4n) is 4.14. The number of hydrogen-bond donors (Lipinski definition) is 1. The first-order valence-electron chi connectivity index (χ1n) is 10.3. The smallest absolute Gasteiger partial charge is 0.256 e. The molecular formula is C24H27N3O2. The number of amides is 1. The van der Waals surface area contributed by atoms with Crippen LogP contribution in [0.3, 0.4) is 0 Å². The van der Waals surface area contributed by atoms with E-state index < -0.39 is 0 Å². The molecule has 0 saturated carbocycles. The fraction of sp³-hybridized carbons (Fsp3) is 0.333. The molecule has 0 spiro atoms. The van der Waals surface area contributed by atoms with Crippen LogP contribution < -0.4 is 10.2 Å². The maximum Gasteiger partial charge on any atom is 0.256 e. The molecule has 2 aromatic carbocycles. The average Bonchev–Trinajstić information content (AvgIpc) is 3.22. The van der Waals surface area contributed by atoms with E-state index in [4.69, 9.17) is 9.72 Å². The van der Waals surface area contributed by atoms with Crippen molar-refractivity contribution in [2.45, 2.75) is 32.2 Å². The van der Waals surface area contributed by atoms with E-state index in [1.54, 1.807) is 7.11 Å². The summed E-state index contributed by atoms with van der Waals surface area (Å²) >= 11 is 0. The Morgan fingerprint density at radius 3 is 2.83 bits per heavy atom. The number of aryl methyl sites for hydroxylation is 1. The minimum Gasteiger partial charge on any atom is -0.383 e. The lowest BCUT2D eigenvalue weighted by Gasteiger charge is -2.26. The predicted molar refractivity (Wildman–Crippen MR) is 118 cm³/mol. The molecular weight excluding hydrogens is 362 g/mol. The van der Waals surface area contributed by atoms with Crippen molar-refractivity contribution in [3.05, 3.63) is 65.7 Å². The number of rotatable bonds is 6. The van der Waals surface area contributed by atoms with Gasteiger partial charge in [0.15, 0.2) is 0 Å². The molecule has 150 valence electrons. The summed E-state index contributed by atoms with van der Waals surface area (Å²) < 4.78 is 5.40. The van der Waals surface area contributed by atoms with Crippen molar-refractivity contribution < 1.29 is 9.53 Å². The lowest BCUT2D eigenvalue weighted by atomic mass is 10.1. The molecule has 29 heavy (non-hydrogen) atoms. The number of carbonyl (C=O) groups excluding carboxylic acids is 1. The summed E-state index contributed by atoms with van der Waals surface area (Å²) in [5.41, 5.74) is 3.47. The van der Waals surface area contributed by atoms with Gasteiger partial charge in [-0.1, -0.05) is 43.3 Å². The van der Waals surface area contributed by atoms with Crippen LogP contribution in [-0.2, 0) is 11.2 Å². The summed E-state index contributed by atoms with van der Waals surface area (Å²) in [6, 6.07) is 18.0. The number of nitrogens with one attached hydrogen (secondary N) is 1. The number of pyridine rings is 1. The minimum absolute atomic E-state index is 0.103. The molecule has 0 bridgehead atoms. The van der Waals surface area contributed by atoms with Crippen molar-refractivity contribution in [3.63, 3.8) is 0 Å². The van der Waals surface area contributed by atoms with Gasteiger partial charge < -0.3 is 15.0 Å². The normalized spacial score (nSPS) is 16.3. The third kappa shape index (κ3) is 3.96. The molecule has 1 saturated heterocycles. The van der Waals surface area contributed by atoms with Crippen molar-refractivity contribution in [1.82, 2.24) is 4.98 Å². The van der Waals surface area contributed by atoms with Crippen molar-refractivity contribution in [1.29, 1.82) is 0 Å². The second kappa shape index (κ2) is 8.62. The SMILES string of the molecule is CCc1ccccc1NC(=O)c1cc(N2CCC[C@H]2COC)nc2ccccc12. The topological polar surface area (TPSA) is 54.5 Å². The van der Waals surface area contributed by atoms with Gasteiger partial charge in [-0.2, -0.15) is 0 Å². The van der Waals surface area contributed by atoms with Crippen LogP contribution in [0.25, 0.3) is 10.9 Å². The maximum atomic E-state index is 13.3. The van der Waals surface area contributed by atoms with Gasteiger partial charge in [0, 0.05) is 24.7 Å². The van der Waals surface area contributed by atoms with E-state index in [-0.39, 0.29) is 5.91 Å². The summed E-state index contributed by atoms with van der Waals surface area (Å²) in [5, 5.41) is 3.98. The molecule has 5 nitrogen and oxygen atoms in total. The number of methoxy groups -OCH3 is 1. The summed E-state index contributed by atoms with van der Waals surface area (Å²) in [5.74, 6) is 0.741. The van der Waals surface area contributed by atoms with Gasteiger partial charge >= 0.3 is 0 Å². The third-order valence-corrected chi connectivity index (χ3v) is 5.62. The zero-order valence-electron chi connectivity index (χ0n) is 17.0. The van der Waals surface area contributed by atoms with E-state index in [1.807, 2.05) is 54.6 Å². The van der Waals surface area contributed by atoms with E-state index in [1.165, 1.54) is 0 Å². The molecule has 1 amide bonds. The highest BCUT2D eigenvalue weighted by Crippen LogP contribution is 2.29. The molecule has 1 N–H and O–H groups in total. The van der Waals surface area contributed by atoms with E-state index in [9.17, 15) is 4.79 Å². The van der Waals surface area contributed by atoms with Gasteiger partial charge in [-0.3, -0.25) is 4.79 Å². The second-order valence-corrected chi connectivity index (χ2v) is 7.45. The highest BCUT2D eigenvalue weighted by atomic mass is 16.5. The molecule has 5 heteroatoms. The van der Waals surface area contributed by atoms with Crippen LogP contribution in [0.2, 0.25) is 0 Å². The number of aromatic nitrogens is 1. The van der Waals surface area contributed by atoms with Crippen LogP contribution >= 0.6 is 0 Å². The Labute approximate surface area is 171 Å². The number of carbonyl (C=O) groups is 1. The van der Waals surface area contributed by atoms with E-state index in [2.05, 4.69) is 17.1 Å². The van der Waals surface area contributed by atoms with Crippen molar-refractivity contribution in [2.75, 3.05) is 30.5 Å². The fourth-order valence-corrected chi connectivity index (χ4v) is 4.14. The molecule has 0 aliphatic carbocycles. The second-order valence-electron chi connectivity index (χ2n) is 7.45. The summed E-state index contributed by atoms with van der Waals surface area (Å²) in [6.07, 6.45) is 3.05. The highest BCUT2D eigenvalue weighted by Gasteiger charge is 2.27. The van der Waals surface area contributed by atoms with Gasteiger partial charge in [0.1, 0.15) is 5.82 Å². The van der Waals surface area contributed by atoms with Crippen LogP contribution in [0, 0.1) is 0 Å². The Bertz CT molecular complexity index is 1020. The molecule has 0 unspecified atom stereocenters. The molecule has 1 aliphatic rings. The molecule has 2 heterocycles. The molecule has 0 radical (unpaired) electrons. The van der Waals surface area contributed by atoms with Crippen molar-refractivity contribution >= 4 is 28.3 Å². The van der Waals surface area contributed by atoms with Gasteiger partial charge in [-0.15, -0.1) is 0 Å². The molecule has 1 fully saturated rings. The van der Waals surface area contributed by atoms with Gasteiger partial charge in [0.05, 0.1) is 23.7 Å². The molecule has 1 atom stereocenters. The first kappa shape index (κ1) is 19.4. The first-order valence-corrected chi connectivity index (χ1v) is 10.3. The molecule has 1 aliphatic heterocycles. The van der Waals surface area contributed by atoms with Crippen LogP contribution in [0.1, 0.15) is 35.7 Å². The van der Waals surface area contributed by atoms with Gasteiger partial charge in [0.2, 0.25) is 0 Å². The standard InChI is InChI=1S/C24H27N3O2/c1-3-17-9-4-6-12-21(17)26-24(28)20-15-23(25-22-13-7-5-11-19(20)22)27-14-8-10-18(27)16-29-2/h4-7,9,11-13,15,18H,3,8,10,14,16H2,1-2H3,(H,26,28)/t18-/m0/s1. The number of hydrogen-bond acceptors (Lipinski definition) is 4. The Kier molecular flexibility index (Phi) is 5.76. The molecule has 3 aromatic rings. The Morgan fingerprint density at radius 1 is 1.21 bits per heavy atom. The maximum absolute atomic E-state index is 13.3. The molecule has 4 rings (SSSR count). The third-order valence-electron chi connectivity index (χ3n) is 5.62. The lowest BCUT2D eigenvalue weighted by Crippen LogP contribution is -2.33. The van der Waals surface area contributed by atoms with E-state index >= 15 is 0 Å². The van der Waals surface area contributed by atoms with Crippen LogP contribution in [-0.4, -0.2) is 37.2 Å². The number of ether oxygens (including phenoxy) is 1. The lowest BCUT2D eigenvalue weighted by molar-refractivity contribution is 0.102. The van der Waals surface area contributed by atoms with Gasteiger partial charge in [-0.05, 0) is 43.0 Å². The van der Waals surface area contributed by atoms with Crippen LogP contribution in [0.5, 0.6) is 0 Å².